The number of pyridine rings is 1. The Morgan fingerprint density at radius 1 is 1.35 bits per heavy atom. The number of aromatic nitrogens is 5. The van der Waals surface area contributed by atoms with E-state index < -0.39 is 5.97 Å². The molecule has 0 unspecified atom stereocenters. The van der Waals surface area contributed by atoms with Gasteiger partial charge < -0.3 is 14.5 Å². The lowest BCUT2D eigenvalue weighted by Crippen LogP contribution is -2.38. The second-order valence-corrected chi connectivity index (χ2v) is 8.70. The van der Waals surface area contributed by atoms with Crippen molar-refractivity contribution in [3.63, 3.8) is 0 Å². The summed E-state index contributed by atoms with van der Waals surface area (Å²) in [6, 6.07) is 7.73. The van der Waals surface area contributed by atoms with Gasteiger partial charge in [0.1, 0.15) is 6.54 Å². The fraction of sp³-hybridized carbons (Fsp3) is 0.542. The predicted octanol–water partition coefficient (Wildman–Crippen LogP) is 2.52. The first-order valence-electron chi connectivity index (χ1n) is 11.9. The molecule has 0 saturated carbocycles. The van der Waals surface area contributed by atoms with Gasteiger partial charge in [-0.1, -0.05) is 18.6 Å². The number of rotatable bonds is 10. The first-order valence-corrected chi connectivity index (χ1v) is 11.9. The van der Waals surface area contributed by atoms with Crippen LogP contribution in [0.3, 0.4) is 0 Å². The van der Waals surface area contributed by atoms with E-state index in [-0.39, 0.29) is 24.2 Å². The van der Waals surface area contributed by atoms with E-state index in [1.165, 1.54) is 4.68 Å². The van der Waals surface area contributed by atoms with Crippen molar-refractivity contribution in [3.05, 3.63) is 51.6 Å². The highest BCUT2D eigenvalue weighted by Gasteiger charge is 2.30. The SMILES string of the molecule is CCOC(=O)Cn1nnnc1[C@@H](CC)N(Cc1cc2cc(C)ccc2[nH]c1=O)C[C@@H]1CCCO1. The van der Waals surface area contributed by atoms with Crippen LogP contribution in [0.5, 0.6) is 0 Å². The van der Waals surface area contributed by atoms with Crippen molar-refractivity contribution >= 4 is 16.9 Å². The Morgan fingerprint density at radius 2 is 2.21 bits per heavy atom. The Morgan fingerprint density at radius 3 is 2.94 bits per heavy atom. The van der Waals surface area contributed by atoms with Gasteiger partial charge >= 0.3 is 5.97 Å². The quantitative estimate of drug-likeness (QED) is 0.451. The Hall–Kier alpha value is -3.11. The molecule has 0 radical (unpaired) electrons. The molecule has 0 aliphatic carbocycles. The molecule has 1 fully saturated rings. The number of ether oxygens (including phenoxy) is 2. The third-order valence-corrected chi connectivity index (χ3v) is 6.18. The highest BCUT2D eigenvalue weighted by molar-refractivity contribution is 5.79. The highest BCUT2D eigenvalue weighted by Crippen LogP contribution is 2.27. The second kappa shape index (κ2) is 10.9. The molecule has 10 heteroatoms. The fourth-order valence-corrected chi connectivity index (χ4v) is 4.56. The smallest absolute Gasteiger partial charge is 0.327 e. The second-order valence-electron chi connectivity index (χ2n) is 8.70. The summed E-state index contributed by atoms with van der Waals surface area (Å²) in [5, 5.41) is 13.1. The number of esters is 1. The minimum atomic E-state index is -0.391. The summed E-state index contributed by atoms with van der Waals surface area (Å²) in [5.74, 6) is 0.180. The fourth-order valence-electron chi connectivity index (χ4n) is 4.56. The van der Waals surface area contributed by atoms with Gasteiger partial charge in [0.05, 0.1) is 18.8 Å². The summed E-state index contributed by atoms with van der Waals surface area (Å²) < 4.78 is 12.5. The zero-order valence-corrected chi connectivity index (χ0v) is 20.0. The van der Waals surface area contributed by atoms with E-state index in [9.17, 15) is 9.59 Å². The number of aromatic amines is 1. The first-order chi connectivity index (χ1) is 16.5. The van der Waals surface area contributed by atoms with Gasteiger partial charge in [-0.05, 0) is 67.1 Å². The lowest BCUT2D eigenvalue weighted by molar-refractivity contribution is -0.144. The van der Waals surface area contributed by atoms with Crippen molar-refractivity contribution in [2.45, 2.75) is 65.3 Å². The van der Waals surface area contributed by atoms with Gasteiger partial charge in [-0.3, -0.25) is 14.5 Å². The molecule has 2 atom stereocenters. The lowest BCUT2D eigenvalue weighted by atomic mass is 10.1. The Labute approximate surface area is 198 Å². The summed E-state index contributed by atoms with van der Waals surface area (Å²) in [5.41, 5.74) is 2.50. The summed E-state index contributed by atoms with van der Waals surface area (Å²) in [7, 11) is 0. The number of carbonyl (C=O) groups excluding carboxylic acids is 1. The maximum Gasteiger partial charge on any atom is 0.327 e. The minimum Gasteiger partial charge on any atom is -0.465 e. The van der Waals surface area contributed by atoms with Gasteiger partial charge in [-0.15, -0.1) is 5.10 Å². The molecule has 3 aromatic rings. The molecule has 1 saturated heterocycles. The standard InChI is InChI=1S/C24H32N6O4/c1-4-21(23-26-27-28-30(23)15-22(31)33-5-2)29(14-19-7-6-10-34-19)13-18-12-17-11-16(3)8-9-20(17)25-24(18)32/h8-9,11-12,19,21H,4-7,10,13-15H2,1-3H3,(H,25,32)/t19-,21+/m0/s1. The number of fused-ring (bicyclic) bond motifs is 1. The average Bonchev–Trinajstić information content (AvgIpc) is 3.48. The third-order valence-electron chi connectivity index (χ3n) is 6.18. The van der Waals surface area contributed by atoms with Crippen LogP contribution in [-0.4, -0.2) is 61.9 Å². The lowest BCUT2D eigenvalue weighted by Gasteiger charge is -2.32. The molecule has 1 N–H and O–H groups in total. The van der Waals surface area contributed by atoms with Crippen LogP contribution in [0.1, 0.15) is 56.1 Å². The van der Waals surface area contributed by atoms with Gasteiger partial charge in [-0.2, -0.15) is 0 Å². The van der Waals surface area contributed by atoms with E-state index in [1.54, 1.807) is 6.92 Å². The topological polar surface area (TPSA) is 115 Å². The first kappa shape index (κ1) is 24.0. The molecule has 0 amide bonds. The number of hydrogen-bond donors (Lipinski definition) is 1. The summed E-state index contributed by atoms with van der Waals surface area (Å²) >= 11 is 0. The molecule has 2 aromatic heterocycles. The number of carbonyl (C=O) groups is 1. The van der Waals surface area contributed by atoms with Crippen LogP contribution in [0.25, 0.3) is 10.9 Å². The van der Waals surface area contributed by atoms with Gasteiger partial charge in [0.25, 0.3) is 5.56 Å². The molecule has 1 aliphatic rings. The van der Waals surface area contributed by atoms with E-state index in [1.807, 2.05) is 32.0 Å². The number of H-pyrrole nitrogens is 1. The maximum atomic E-state index is 13.0. The molecule has 3 heterocycles. The van der Waals surface area contributed by atoms with Crippen molar-refractivity contribution in [2.75, 3.05) is 19.8 Å². The van der Waals surface area contributed by atoms with Crippen LogP contribution in [0.2, 0.25) is 0 Å². The zero-order valence-electron chi connectivity index (χ0n) is 20.0. The Balaban J connectivity index is 1.66. The van der Waals surface area contributed by atoms with Crippen molar-refractivity contribution in [1.29, 1.82) is 0 Å². The van der Waals surface area contributed by atoms with Crippen LogP contribution in [0.15, 0.2) is 29.1 Å². The number of nitrogens with zero attached hydrogens (tertiary/aromatic N) is 5. The van der Waals surface area contributed by atoms with Crippen molar-refractivity contribution < 1.29 is 14.3 Å². The molecule has 0 spiro atoms. The molecular formula is C24H32N6O4. The van der Waals surface area contributed by atoms with E-state index in [4.69, 9.17) is 9.47 Å². The summed E-state index contributed by atoms with van der Waals surface area (Å²) in [4.78, 5) is 30.2. The Kier molecular flexibility index (Phi) is 7.69. The molecule has 0 bridgehead atoms. The summed E-state index contributed by atoms with van der Waals surface area (Å²) in [6.07, 6.45) is 2.76. The molecule has 4 rings (SSSR count). The van der Waals surface area contributed by atoms with Gasteiger partial charge in [0.2, 0.25) is 0 Å². The van der Waals surface area contributed by atoms with Crippen molar-refractivity contribution in [1.82, 2.24) is 30.1 Å². The monoisotopic (exact) mass is 468 g/mol. The minimum absolute atomic E-state index is 0.0592. The maximum absolute atomic E-state index is 13.0. The largest absolute Gasteiger partial charge is 0.465 e. The van der Waals surface area contributed by atoms with E-state index in [0.29, 0.717) is 37.5 Å². The number of nitrogens with one attached hydrogen (secondary N) is 1. The molecule has 182 valence electrons. The van der Waals surface area contributed by atoms with Crippen LogP contribution < -0.4 is 5.56 Å². The third kappa shape index (κ3) is 5.51. The molecule has 1 aliphatic heterocycles. The molecule has 34 heavy (non-hydrogen) atoms. The number of tetrazole rings is 1. The van der Waals surface area contributed by atoms with Gasteiger partial charge in [0, 0.05) is 30.8 Å². The van der Waals surface area contributed by atoms with E-state index in [2.05, 4.69) is 31.5 Å². The summed E-state index contributed by atoms with van der Waals surface area (Å²) in [6.45, 7) is 7.86. The van der Waals surface area contributed by atoms with Crippen LogP contribution in [-0.2, 0) is 27.4 Å². The van der Waals surface area contributed by atoms with Crippen molar-refractivity contribution in [2.24, 2.45) is 0 Å². The van der Waals surface area contributed by atoms with Gasteiger partial charge in [-0.25, -0.2) is 4.68 Å². The predicted molar refractivity (Wildman–Crippen MR) is 126 cm³/mol. The number of hydrogen-bond acceptors (Lipinski definition) is 8. The molecule has 1 aromatic carbocycles. The van der Waals surface area contributed by atoms with Crippen LogP contribution in [0.4, 0.5) is 0 Å². The highest BCUT2D eigenvalue weighted by atomic mass is 16.5. The number of benzene rings is 1. The van der Waals surface area contributed by atoms with Crippen molar-refractivity contribution in [3.8, 4) is 0 Å². The molecular weight excluding hydrogens is 436 g/mol. The normalized spacial score (nSPS) is 16.9. The van der Waals surface area contributed by atoms with E-state index in [0.717, 1.165) is 35.9 Å². The van der Waals surface area contributed by atoms with Gasteiger partial charge in [0.15, 0.2) is 5.82 Å². The molecule has 10 nitrogen and oxygen atoms in total. The van der Waals surface area contributed by atoms with Crippen LogP contribution >= 0.6 is 0 Å². The van der Waals surface area contributed by atoms with Crippen LogP contribution in [0, 0.1) is 6.92 Å². The number of aryl methyl sites for hydroxylation is 1. The zero-order chi connectivity index (χ0) is 24.1. The average molecular weight is 469 g/mol. The Bertz CT molecular complexity index is 1180. The van der Waals surface area contributed by atoms with E-state index >= 15 is 0 Å².